The minimum Gasteiger partial charge on any atom is -0.489 e. The fraction of sp³-hybridized carbons (Fsp3) is 0.483. The molecule has 4 aliphatic heterocycles. The van der Waals surface area contributed by atoms with E-state index in [9.17, 15) is 14.0 Å². The number of anilines is 1. The van der Waals surface area contributed by atoms with Crippen molar-refractivity contribution in [2.24, 2.45) is 0 Å². The Bertz CT molecular complexity index is 1380. The van der Waals surface area contributed by atoms with Crippen molar-refractivity contribution < 1.29 is 23.1 Å². The molecule has 3 saturated heterocycles. The van der Waals surface area contributed by atoms with Gasteiger partial charge in [-0.25, -0.2) is 13.8 Å². The van der Waals surface area contributed by atoms with Gasteiger partial charge in [0.2, 0.25) is 5.91 Å². The van der Waals surface area contributed by atoms with Crippen molar-refractivity contribution in [1.82, 2.24) is 19.7 Å². The van der Waals surface area contributed by atoms with E-state index in [0.29, 0.717) is 45.1 Å². The number of fused-ring (bicyclic) bond motifs is 2. The molecular formula is C29H32ClF2N5O3. The summed E-state index contributed by atoms with van der Waals surface area (Å²) in [4.78, 5) is 39.0. The van der Waals surface area contributed by atoms with Crippen LogP contribution >= 0.6 is 11.6 Å². The average molecular weight is 572 g/mol. The van der Waals surface area contributed by atoms with Crippen LogP contribution in [0.1, 0.15) is 30.6 Å². The van der Waals surface area contributed by atoms with Gasteiger partial charge in [0.05, 0.1) is 11.7 Å². The topological polar surface area (TPSA) is 69.2 Å². The zero-order valence-electron chi connectivity index (χ0n) is 22.6. The third kappa shape index (κ3) is 4.41. The van der Waals surface area contributed by atoms with Crippen LogP contribution in [0.2, 0.25) is 5.02 Å². The highest BCUT2D eigenvalue weighted by molar-refractivity contribution is 6.35. The summed E-state index contributed by atoms with van der Waals surface area (Å²) < 4.78 is 35.0. The third-order valence-electron chi connectivity index (χ3n) is 8.56. The second kappa shape index (κ2) is 9.99. The number of hydrogen-bond donors (Lipinski definition) is 0. The van der Waals surface area contributed by atoms with Crippen LogP contribution in [-0.2, 0) is 4.79 Å². The van der Waals surface area contributed by atoms with Gasteiger partial charge >= 0.3 is 0 Å². The van der Waals surface area contributed by atoms with E-state index >= 15 is 4.39 Å². The van der Waals surface area contributed by atoms with E-state index in [-0.39, 0.29) is 52.1 Å². The number of pyridine rings is 1. The van der Waals surface area contributed by atoms with Crippen molar-refractivity contribution in [3.8, 4) is 17.0 Å². The highest BCUT2D eigenvalue weighted by Crippen LogP contribution is 2.47. The summed E-state index contributed by atoms with van der Waals surface area (Å²) in [6, 6.07) is 5.90. The SMILES string of the molecule is C=CC(=O)N1CCN2C(=O)c3c(N4C[C@@H](N5CC(F)C5)CC4(C)C)nc(-c4ccccc4F)c(Cl)c3OC[C@H]2C1. The first kappa shape index (κ1) is 27.0. The van der Waals surface area contributed by atoms with Crippen molar-refractivity contribution in [2.75, 3.05) is 50.8 Å². The molecular weight excluding hydrogens is 540 g/mol. The molecule has 11 heteroatoms. The van der Waals surface area contributed by atoms with Crippen LogP contribution in [0.4, 0.5) is 14.6 Å². The Morgan fingerprint density at radius 1 is 1.18 bits per heavy atom. The van der Waals surface area contributed by atoms with E-state index in [2.05, 4.69) is 30.2 Å². The number of alkyl halides is 1. The molecule has 6 rings (SSSR count). The number of carbonyl (C=O) groups excluding carboxylic acids is 2. The number of rotatable bonds is 4. The van der Waals surface area contributed by atoms with Gasteiger partial charge in [-0.3, -0.25) is 14.5 Å². The number of amides is 2. The number of ether oxygens (including phenoxy) is 1. The van der Waals surface area contributed by atoms with Crippen molar-refractivity contribution in [3.05, 3.63) is 53.3 Å². The molecule has 0 saturated carbocycles. The quantitative estimate of drug-likeness (QED) is 0.520. The van der Waals surface area contributed by atoms with Gasteiger partial charge in [0, 0.05) is 56.4 Å². The average Bonchev–Trinajstić information content (AvgIpc) is 3.15. The Hall–Kier alpha value is -3.24. The van der Waals surface area contributed by atoms with E-state index in [0.717, 1.165) is 6.42 Å². The highest BCUT2D eigenvalue weighted by atomic mass is 35.5. The monoisotopic (exact) mass is 571 g/mol. The van der Waals surface area contributed by atoms with Crippen LogP contribution < -0.4 is 9.64 Å². The van der Waals surface area contributed by atoms with E-state index in [1.807, 2.05) is 0 Å². The molecule has 1 aromatic heterocycles. The second-order valence-corrected chi connectivity index (χ2v) is 11.9. The summed E-state index contributed by atoms with van der Waals surface area (Å²) in [7, 11) is 0. The predicted molar refractivity (Wildman–Crippen MR) is 148 cm³/mol. The zero-order chi connectivity index (χ0) is 28.3. The Balaban J connectivity index is 1.47. The van der Waals surface area contributed by atoms with E-state index in [1.54, 1.807) is 28.0 Å². The van der Waals surface area contributed by atoms with Gasteiger partial charge < -0.3 is 19.4 Å². The minimum absolute atomic E-state index is 0.0626. The number of carbonyl (C=O) groups is 2. The first-order valence-electron chi connectivity index (χ1n) is 13.6. The van der Waals surface area contributed by atoms with E-state index in [1.165, 1.54) is 12.1 Å². The number of benzene rings is 1. The normalized spacial score (nSPS) is 24.6. The van der Waals surface area contributed by atoms with Gasteiger partial charge in [0.25, 0.3) is 5.91 Å². The van der Waals surface area contributed by atoms with E-state index in [4.69, 9.17) is 21.3 Å². The lowest BCUT2D eigenvalue weighted by atomic mass is 9.97. The molecule has 2 amide bonds. The van der Waals surface area contributed by atoms with Gasteiger partial charge in [-0.1, -0.05) is 30.3 Å². The van der Waals surface area contributed by atoms with Gasteiger partial charge in [-0.15, -0.1) is 0 Å². The molecule has 2 aromatic rings. The molecule has 0 bridgehead atoms. The number of nitrogens with zero attached hydrogens (tertiary/aromatic N) is 5. The number of hydrogen-bond acceptors (Lipinski definition) is 6. The van der Waals surface area contributed by atoms with Crippen LogP contribution in [0.3, 0.4) is 0 Å². The van der Waals surface area contributed by atoms with Crippen LogP contribution in [-0.4, -0.2) is 101 Å². The molecule has 5 heterocycles. The van der Waals surface area contributed by atoms with Crippen molar-refractivity contribution in [2.45, 2.75) is 44.1 Å². The van der Waals surface area contributed by atoms with Gasteiger partial charge in [0.1, 0.15) is 35.0 Å². The maximum atomic E-state index is 15.0. The molecule has 0 radical (unpaired) electrons. The smallest absolute Gasteiger partial charge is 0.261 e. The fourth-order valence-electron chi connectivity index (χ4n) is 6.38. The zero-order valence-corrected chi connectivity index (χ0v) is 23.3. The molecule has 0 aliphatic carbocycles. The van der Waals surface area contributed by atoms with Crippen molar-refractivity contribution in [3.63, 3.8) is 0 Å². The lowest BCUT2D eigenvalue weighted by Crippen LogP contribution is -2.57. The van der Waals surface area contributed by atoms with Gasteiger partial charge in [-0.05, 0) is 38.5 Å². The lowest BCUT2D eigenvalue weighted by molar-refractivity contribution is -0.128. The van der Waals surface area contributed by atoms with Crippen LogP contribution in [0.5, 0.6) is 5.75 Å². The number of likely N-dealkylation sites (tertiary alicyclic amines) is 1. The largest absolute Gasteiger partial charge is 0.489 e. The second-order valence-electron chi connectivity index (χ2n) is 11.6. The number of piperazine rings is 1. The molecule has 1 aromatic carbocycles. The fourth-order valence-corrected chi connectivity index (χ4v) is 6.68. The Kier molecular flexibility index (Phi) is 6.73. The Morgan fingerprint density at radius 3 is 2.62 bits per heavy atom. The van der Waals surface area contributed by atoms with Crippen LogP contribution in [0, 0.1) is 5.82 Å². The third-order valence-corrected chi connectivity index (χ3v) is 8.92. The molecule has 212 valence electrons. The van der Waals surface area contributed by atoms with Crippen molar-refractivity contribution >= 4 is 29.2 Å². The van der Waals surface area contributed by atoms with Crippen LogP contribution in [0.25, 0.3) is 11.3 Å². The molecule has 0 spiro atoms. The Labute approximate surface area is 237 Å². The number of aromatic nitrogens is 1. The van der Waals surface area contributed by atoms with Crippen molar-refractivity contribution in [1.29, 1.82) is 0 Å². The summed E-state index contributed by atoms with van der Waals surface area (Å²) >= 11 is 6.88. The standard InChI is InChI=1S/C29H32ClF2N5O3/c1-4-22(38)34-9-10-36-19(14-34)16-40-26-23(28(36)39)27(33-25(24(26)30)20-7-5-6-8-21(20)32)37-15-18(11-29(37,2)3)35-12-17(31)13-35/h4-8,17-19H,1,9-16H2,2-3H3/t18-,19+/m0/s1. The molecule has 3 fully saturated rings. The molecule has 0 unspecified atom stereocenters. The van der Waals surface area contributed by atoms with E-state index < -0.39 is 23.6 Å². The molecule has 8 nitrogen and oxygen atoms in total. The van der Waals surface area contributed by atoms with Gasteiger partial charge in [-0.2, -0.15) is 0 Å². The molecule has 4 aliphatic rings. The predicted octanol–water partition coefficient (Wildman–Crippen LogP) is 3.78. The summed E-state index contributed by atoms with van der Waals surface area (Å²) in [5.74, 6) is -0.454. The highest BCUT2D eigenvalue weighted by Gasteiger charge is 2.48. The molecule has 0 N–H and O–H groups in total. The Morgan fingerprint density at radius 2 is 1.93 bits per heavy atom. The summed E-state index contributed by atoms with van der Waals surface area (Å²) in [6.07, 6.45) is 1.18. The summed E-state index contributed by atoms with van der Waals surface area (Å²) in [5, 5.41) is 0.0626. The lowest BCUT2D eigenvalue weighted by Gasteiger charge is -2.40. The minimum atomic E-state index is -0.826. The summed E-state index contributed by atoms with van der Waals surface area (Å²) in [6.45, 7) is 10.1. The summed E-state index contributed by atoms with van der Waals surface area (Å²) in [5.41, 5.74) is 0.191. The molecule has 40 heavy (non-hydrogen) atoms. The first-order chi connectivity index (χ1) is 19.1. The number of halogens is 3. The maximum Gasteiger partial charge on any atom is 0.261 e. The molecule has 2 atom stereocenters. The van der Waals surface area contributed by atoms with Gasteiger partial charge in [0.15, 0.2) is 5.75 Å². The van der Waals surface area contributed by atoms with Crippen LogP contribution in [0.15, 0.2) is 36.9 Å². The maximum absolute atomic E-state index is 15.0. The first-order valence-corrected chi connectivity index (χ1v) is 14.0.